The molecule has 0 aliphatic carbocycles. The van der Waals surface area contributed by atoms with E-state index < -0.39 is 0 Å². The number of aliphatic imine (C=N–C) groups is 1. The molecule has 3 N–H and O–H groups in total. The summed E-state index contributed by atoms with van der Waals surface area (Å²) in [4.78, 5) is 18.6. The Balaban J connectivity index is 2.54. The number of hydrogen-bond acceptors (Lipinski definition) is 5. The van der Waals surface area contributed by atoms with E-state index in [-0.39, 0.29) is 12.1 Å². The van der Waals surface area contributed by atoms with E-state index in [4.69, 9.17) is 9.47 Å². The van der Waals surface area contributed by atoms with Gasteiger partial charge in [-0.25, -0.2) is 4.79 Å². The van der Waals surface area contributed by atoms with Crippen LogP contribution in [0.25, 0.3) is 0 Å². The Hall–Kier alpha value is -1.54. The van der Waals surface area contributed by atoms with E-state index in [1.54, 1.807) is 14.0 Å². The first-order valence-corrected chi connectivity index (χ1v) is 10.6. The smallest absolute Gasteiger partial charge is 0.407 e. The van der Waals surface area contributed by atoms with Crippen LogP contribution in [0, 0.1) is 11.8 Å². The number of carbonyl (C=O) groups is 1. The maximum absolute atomic E-state index is 11.8. The summed E-state index contributed by atoms with van der Waals surface area (Å²) >= 11 is 0. The van der Waals surface area contributed by atoms with Crippen LogP contribution in [0.3, 0.4) is 0 Å². The maximum atomic E-state index is 11.8. The molecule has 1 amide bonds. The van der Waals surface area contributed by atoms with Crippen LogP contribution >= 0.6 is 0 Å². The third kappa shape index (κ3) is 9.59. The lowest BCUT2D eigenvalue weighted by Gasteiger charge is -2.37. The Morgan fingerprint density at radius 1 is 1.14 bits per heavy atom. The van der Waals surface area contributed by atoms with Crippen molar-refractivity contribution in [2.24, 2.45) is 16.8 Å². The van der Waals surface area contributed by atoms with Crippen LogP contribution < -0.4 is 16.0 Å². The SMILES string of the molecule is CCOC(=O)NC(CNC(=NC)NCC(C(C)C)N1CCOCC1)CC(C)C. The Labute approximate surface area is 170 Å². The summed E-state index contributed by atoms with van der Waals surface area (Å²) in [6.07, 6.45) is 0.496. The molecule has 8 nitrogen and oxygen atoms in total. The van der Waals surface area contributed by atoms with Crippen molar-refractivity contribution in [3.05, 3.63) is 0 Å². The van der Waals surface area contributed by atoms with Gasteiger partial charge in [-0.15, -0.1) is 0 Å². The van der Waals surface area contributed by atoms with E-state index in [1.165, 1.54) is 0 Å². The zero-order valence-corrected chi connectivity index (χ0v) is 18.6. The third-order valence-corrected chi connectivity index (χ3v) is 4.86. The molecule has 1 aliphatic heterocycles. The molecule has 164 valence electrons. The standard InChI is InChI=1S/C20H41N5O3/c1-7-28-20(26)24-17(12-15(2)3)13-22-19(21-6)23-14-18(16(4)5)25-8-10-27-11-9-25/h15-18H,7-14H2,1-6H3,(H,24,26)(H2,21,22,23). The highest BCUT2D eigenvalue weighted by molar-refractivity contribution is 5.79. The second-order valence-electron chi connectivity index (χ2n) is 7.99. The van der Waals surface area contributed by atoms with Crippen LogP contribution in [0.15, 0.2) is 4.99 Å². The maximum Gasteiger partial charge on any atom is 0.407 e. The van der Waals surface area contributed by atoms with Crippen molar-refractivity contribution in [1.82, 2.24) is 20.9 Å². The molecule has 0 aromatic rings. The van der Waals surface area contributed by atoms with E-state index >= 15 is 0 Å². The topological polar surface area (TPSA) is 87.2 Å². The van der Waals surface area contributed by atoms with E-state index in [1.807, 2.05) is 0 Å². The number of amides is 1. The number of guanidine groups is 1. The molecular weight excluding hydrogens is 358 g/mol. The molecule has 1 heterocycles. The average molecular weight is 400 g/mol. The highest BCUT2D eigenvalue weighted by Crippen LogP contribution is 2.12. The lowest BCUT2D eigenvalue weighted by atomic mass is 10.0. The van der Waals surface area contributed by atoms with Crippen LogP contribution in [0.2, 0.25) is 0 Å². The predicted octanol–water partition coefficient (Wildman–Crippen LogP) is 1.67. The van der Waals surface area contributed by atoms with E-state index in [9.17, 15) is 4.79 Å². The van der Waals surface area contributed by atoms with Gasteiger partial charge in [0.1, 0.15) is 0 Å². The second kappa shape index (κ2) is 13.6. The fraction of sp³-hybridized carbons (Fsp3) is 0.900. The van der Waals surface area contributed by atoms with Gasteiger partial charge in [0.25, 0.3) is 0 Å². The van der Waals surface area contributed by atoms with Crippen molar-refractivity contribution in [2.45, 2.75) is 53.1 Å². The summed E-state index contributed by atoms with van der Waals surface area (Å²) in [5, 5.41) is 9.73. The van der Waals surface area contributed by atoms with E-state index in [0.29, 0.717) is 31.0 Å². The number of nitrogens with zero attached hydrogens (tertiary/aromatic N) is 2. The first-order chi connectivity index (χ1) is 13.4. The quantitative estimate of drug-likeness (QED) is 0.383. The number of carbonyl (C=O) groups excluding carboxylic acids is 1. The number of hydrogen-bond donors (Lipinski definition) is 3. The fourth-order valence-electron chi connectivity index (χ4n) is 3.44. The van der Waals surface area contributed by atoms with Crippen molar-refractivity contribution in [2.75, 3.05) is 53.0 Å². The van der Waals surface area contributed by atoms with Crippen LogP contribution in [0.1, 0.15) is 41.0 Å². The largest absolute Gasteiger partial charge is 0.450 e. The van der Waals surface area contributed by atoms with Gasteiger partial charge >= 0.3 is 6.09 Å². The summed E-state index contributed by atoms with van der Waals surface area (Å²) in [5.74, 6) is 1.75. The summed E-state index contributed by atoms with van der Waals surface area (Å²) in [6, 6.07) is 0.407. The van der Waals surface area contributed by atoms with Gasteiger partial charge in [-0.2, -0.15) is 0 Å². The number of ether oxygens (including phenoxy) is 2. The second-order valence-corrected chi connectivity index (χ2v) is 7.99. The van der Waals surface area contributed by atoms with Gasteiger partial charge in [-0.05, 0) is 25.2 Å². The lowest BCUT2D eigenvalue weighted by Crippen LogP contribution is -2.53. The monoisotopic (exact) mass is 399 g/mol. The minimum atomic E-state index is -0.370. The Morgan fingerprint density at radius 2 is 1.79 bits per heavy atom. The van der Waals surface area contributed by atoms with Gasteiger partial charge < -0.3 is 25.4 Å². The third-order valence-electron chi connectivity index (χ3n) is 4.86. The minimum absolute atomic E-state index is 0.0160. The lowest BCUT2D eigenvalue weighted by molar-refractivity contribution is 0.00752. The van der Waals surface area contributed by atoms with Crippen LogP contribution in [-0.4, -0.2) is 82.1 Å². The number of nitrogens with one attached hydrogen (secondary N) is 3. The minimum Gasteiger partial charge on any atom is -0.450 e. The van der Waals surface area contributed by atoms with Gasteiger partial charge in [0.2, 0.25) is 0 Å². The van der Waals surface area contributed by atoms with E-state index in [2.05, 4.69) is 53.5 Å². The molecule has 1 aliphatic rings. The summed E-state index contributed by atoms with van der Waals surface area (Å²) in [5.41, 5.74) is 0. The summed E-state index contributed by atoms with van der Waals surface area (Å²) in [6.45, 7) is 15.9. The summed E-state index contributed by atoms with van der Waals surface area (Å²) in [7, 11) is 1.77. The fourth-order valence-corrected chi connectivity index (χ4v) is 3.44. The van der Waals surface area contributed by atoms with Gasteiger partial charge in [-0.1, -0.05) is 27.7 Å². The number of morpholine rings is 1. The first-order valence-electron chi connectivity index (χ1n) is 10.6. The Bertz CT molecular complexity index is 465. The normalized spacial score (nSPS) is 18.1. The van der Waals surface area contributed by atoms with Gasteiger partial charge in [0, 0.05) is 45.3 Å². The Morgan fingerprint density at radius 3 is 2.32 bits per heavy atom. The molecule has 2 atom stereocenters. The molecule has 1 fully saturated rings. The molecule has 2 unspecified atom stereocenters. The molecule has 1 rings (SSSR count). The highest BCUT2D eigenvalue weighted by atomic mass is 16.5. The van der Waals surface area contributed by atoms with Crippen molar-refractivity contribution in [3.8, 4) is 0 Å². The van der Waals surface area contributed by atoms with E-state index in [0.717, 1.165) is 45.2 Å². The Kier molecular flexibility index (Phi) is 11.9. The predicted molar refractivity (Wildman–Crippen MR) is 114 cm³/mol. The molecule has 0 aromatic carbocycles. The summed E-state index contributed by atoms with van der Waals surface area (Å²) < 4.78 is 10.5. The highest BCUT2D eigenvalue weighted by Gasteiger charge is 2.24. The van der Waals surface area contributed by atoms with Gasteiger partial charge in [0.15, 0.2) is 5.96 Å². The first kappa shape index (κ1) is 24.5. The van der Waals surface area contributed by atoms with Gasteiger partial charge in [0.05, 0.1) is 19.8 Å². The molecule has 0 spiro atoms. The van der Waals surface area contributed by atoms with Crippen molar-refractivity contribution in [3.63, 3.8) is 0 Å². The van der Waals surface area contributed by atoms with Crippen molar-refractivity contribution in [1.29, 1.82) is 0 Å². The molecule has 0 aromatic heterocycles. The van der Waals surface area contributed by atoms with Crippen molar-refractivity contribution >= 4 is 12.1 Å². The van der Waals surface area contributed by atoms with Crippen LogP contribution in [0.5, 0.6) is 0 Å². The van der Waals surface area contributed by atoms with Crippen molar-refractivity contribution < 1.29 is 14.3 Å². The molecular formula is C20H41N5O3. The van der Waals surface area contributed by atoms with Crippen LogP contribution in [0.4, 0.5) is 4.79 Å². The zero-order chi connectivity index (χ0) is 20.9. The molecule has 8 heteroatoms. The molecule has 28 heavy (non-hydrogen) atoms. The molecule has 0 radical (unpaired) electrons. The molecule has 0 saturated carbocycles. The van der Waals surface area contributed by atoms with Gasteiger partial charge in [-0.3, -0.25) is 9.89 Å². The molecule has 1 saturated heterocycles. The van der Waals surface area contributed by atoms with Crippen LogP contribution in [-0.2, 0) is 9.47 Å². The number of rotatable bonds is 10. The zero-order valence-electron chi connectivity index (χ0n) is 18.6. The number of alkyl carbamates (subject to hydrolysis) is 1. The average Bonchev–Trinajstić information content (AvgIpc) is 2.64. The molecule has 0 bridgehead atoms.